The van der Waals surface area contributed by atoms with Gasteiger partial charge in [0.2, 0.25) is 5.91 Å². The van der Waals surface area contributed by atoms with E-state index in [9.17, 15) is 9.59 Å². The maximum atomic E-state index is 12.7. The molecule has 1 heterocycles. The number of fused-ring (bicyclic) bond motifs is 1. The minimum Gasteiger partial charge on any atom is -0.494 e. The van der Waals surface area contributed by atoms with E-state index in [1.54, 1.807) is 18.2 Å². The first-order valence-corrected chi connectivity index (χ1v) is 11.8. The van der Waals surface area contributed by atoms with Gasteiger partial charge in [0, 0.05) is 17.5 Å². The van der Waals surface area contributed by atoms with Gasteiger partial charge in [-0.3, -0.25) is 9.59 Å². The molecule has 6 nitrogen and oxygen atoms in total. The lowest BCUT2D eigenvalue weighted by atomic mass is 9.82. The molecule has 33 heavy (non-hydrogen) atoms. The molecule has 1 aliphatic heterocycles. The van der Waals surface area contributed by atoms with Crippen molar-refractivity contribution in [2.45, 2.75) is 44.8 Å². The van der Waals surface area contributed by atoms with Gasteiger partial charge in [-0.15, -0.1) is 0 Å². The third-order valence-electron chi connectivity index (χ3n) is 6.07. The number of hydrogen-bond acceptors (Lipinski definition) is 4. The van der Waals surface area contributed by atoms with Gasteiger partial charge in [-0.1, -0.05) is 35.9 Å². The summed E-state index contributed by atoms with van der Waals surface area (Å²) >= 11 is 6.03. The first-order valence-electron chi connectivity index (χ1n) is 11.5. The minimum atomic E-state index is -0.257. The van der Waals surface area contributed by atoms with Crippen LogP contribution in [0.4, 0.5) is 0 Å². The van der Waals surface area contributed by atoms with Crippen LogP contribution >= 0.6 is 11.6 Å². The minimum absolute atomic E-state index is 0.0360. The monoisotopic (exact) mass is 468 g/mol. The average Bonchev–Trinajstić information content (AvgIpc) is 2.80. The Morgan fingerprint density at radius 1 is 1.24 bits per heavy atom. The highest BCUT2D eigenvalue weighted by Crippen LogP contribution is 2.31. The Morgan fingerprint density at radius 2 is 2.06 bits per heavy atom. The van der Waals surface area contributed by atoms with Gasteiger partial charge >= 0.3 is 0 Å². The molecular weight excluding hydrogens is 440 g/mol. The van der Waals surface area contributed by atoms with E-state index in [4.69, 9.17) is 21.1 Å². The molecular formula is C26H29ClN2O4. The summed E-state index contributed by atoms with van der Waals surface area (Å²) in [5.74, 6) is 0.789. The van der Waals surface area contributed by atoms with Crippen molar-refractivity contribution < 1.29 is 19.1 Å². The zero-order valence-electron chi connectivity index (χ0n) is 18.7. The summed E-state index contributed by atoms with van der Waals surface area (Å²) in [7, 11) is 0. The van der Waals surface area contributed by atoms with Crippen LogP contribution in [-0.4, -0.2) is 37.1 Å². The predicted octanol–water partition coefficient (Wildman–Crippen LogP) is 4.12. The lowest BCUT2D eigenvalue weighted by Gasteiger charge is -2.39. The number of benzene rings is 2. The van der Waals surface area contributed by atoms with Crippen LogP contribution in [0.2, 0.25) is 5.02 Å². The van der Waals surface area contributed by atoms with Gasteiger partial charge in [0.25, 0.3) is 5.91 Å². The molecule has 0 aromatic heterocycles. The van der Waals surface area contributed by atoms with Gasteiger partial charge < -0.3 is 20.1 Å². The normalized spacial score (nSPS) is 23.3. The Labute approximate surface area is 199 Å². The highest BCUT2D eigenvalue weighted by molar-refractivity contribution is 6.30. The molecule has 1 saturated heterocycles. The highest BCUT2D eigenvalue weighted by atomic mass is 35.5. The summed E-state index contributed by atoms with van der Waals surface area (Å²) in [6.07, 6.45) is 4.37. The van der Waals surface area contributed by atoms with E-state index in [1.807, 2.05) is 43.3 Å². The van der Waals surface area contributed by atoms with Crippen LogP contribution in [0.15, 0.2) is 54.3 Å². The van der Waals surface area contributed by atoms with Gasteiger partial charge in [-0.25, -0.2) is 0 Å². The third-order valence-corrected chi connectivity index (χ3v) is 6.31. The van der Waals surface area contributed by atoms with Crippen LogP contribution in [0.5, 0.6) is 5.75 Å². The molecule has 174 valence electrons. The molecule has 1 aliphatic carbocycles. The molecule has 1 saturated carbocycles. The summed E-state index contributed by atoms with van der Waals surface area (Å²) in [5.41, 5.74) is 1.96. The number of carbonyl (C=O) groups is 2. The second kappa shape index (κ2) is 10.8. The number of rotatable bonds is 7. The fraction of sp³-hybridized carbons (Fsp3) is 0.385. The molecule has 2 aromatic rings. The van der Waals surface area contributed by atoms with Crippen LogP contribution in [0, 0.1) is 5.92 Å². The van der Waals surface area contributed by atoms with E-state index in [-0.39, 0.29) is 35.6 Å². The molecule has 7 heteroatoms. The number of carbonyl (C=O) groups excluding carboxylic acids is 2. The number of morpholine rings is 1. The van der Waals surface area contributed by atoms with Crippen molar-refractivity contribution in [3.05, 3.63) is 70.4 Å². The Kier molecular flexibility index (Phi) is 7.55. The Balaban J connectivity index is 1.26. The second-order valence-electron chi connectivity index (χ2n) is 8.43. The Morgan fingerprint density at radius 3 is 2.82 bits per heavy atom. The first kappa shape index (κ1) is 23.2. The molecule has 2 fully saturated rings. The molecule has 3 atom stereocenters. The van der Waals surface area contributed by atoms with Gasteiger partial charge in [0.15, 0.2) is 5.76 Å². The van der Waals surface area contributed by atoms with Crippen LogP contribution < -0.4 is 15.4 Å². The lowest BCUT2D eigenvalue weighted by molar-refractivity contribution is -0.134. The van der Waals surface area contributed by atoms with Crippen molar-refractivity contribution in [2.75, 3.05) is 13.2 Å². The fourth-order valence-electron chi connectivity index (χ4n) is 4.37. The van der Waals surface area contributed by atoms with Crippen molar-refractivity contribution in [2.24, 2.45) is 5.92 Å². The van der Waals surface area contributed by atoms with Crippen LogP contribution in [0.3, 0.4) is 0 Å². The van der Waals surface area contributed by atoms with Gasteiger partial charge in [0.05, 0.1) is 12.6 Å². The maximum absolute atomic E-state index is 12.7. The smallest absolute Gasteiger partial charge is 0.286 e. The molecule has 2 aliphatic rings. The quantitative estimate of drug-likeness (QED) is 0.599. The summed E-state index contributed by atoms with van der Waals surface area (Å²) in [6, 6.07) is 15.0. The van der Waals surface area contributed by atoms with Crippen LogP contribution in [0.1, 0.15) is 37.3 Å². The second-order valence-corrected chi connectivity index (χ2v) is 8.86. The van der Waals surface area contributed by atoms with Crippen molar-refractivity contribution in [3.63, 3.8) is 0 Å². The Bertz CT molecular complexity index is 1020. The summed E-state index contributed by atoms with van der Waals surface area (Å²) < 4.78 is 11.5. The molecule has 0 spiro atoms. The van der Waals surface area contributed by atoms with Crippen molar-refractivity contribution in [1.82, 2.24) is 10.6 Å². The number of halogens is 1. The molecule has 0 bridgehead atoms. The van der Waals surface area contributed by atoms with Gasteiger partial charge in [0.1, 0.15) is 11.9 Å². The number of amides is 2. The molecule has 2 amide bonds. The van der Waals surface area contributed by atoms with E-state index in [0.29, 0.717) is 24.6 Å². The fourth-order valence-corrected chi connectivity index (χ4v) is 4.57. The molecule has 0 radical (unpaired) electrons. The van der Waals surface area contributed by atoms with E-state index in [1.165, 1.54) is 0 Å². The van der Waals surface area contributed by atoms with Crippen molar-refractivity contribution in [1.29, 1.82) is 0 Å². The first-order chi connectivity index (χ1) is 16.0. The van der Waals surface area contributed by atoms with E-state index < -0.39 is 0 Å². The topological polar surface area (TPSA) is 76.7 Å². The molecule has 3 unspecified atom stereocenters. The van der Waals surface area contributed by atoms with Gasteiger partial charge in [-0.2, -0.15) is 0 Å². The van der Waals surface area contributed by atoms with Crippen LogP contribution in [0.25, 0.3) is 6.08 Å². The predicted molar refractivity (Wildman–Crippen MR) is 128 cm³/mol. The Hall–Kier alpha value is -2.99. The number of hydrogen-bond donors (Lipinski definition) is 2. The SMILES string of the molecule is CCOc1ccc(CCNC(=O)C2CCC3O/C(=C\c4cccc(Cl)c4)C(=O)NC3C2)cc1. The molecule has 4 rings (SSSR count). The van der Waals surface area contributed by atoms with Gasteiger partial charge in [-0.05, 0) is 74.1 Å². The summed E-state index contributed by atoms with van der Waals surface area (Å²) in [4.78, 5) is 25.3. The number of nitrogens with one attached hydrogen (secondary N) is 2. The molecule has 2 aromatic carbocycles. The van der Waals surface area contributed by atoms with E-state index >= 15 is 0 Å². The number of ether oxygens (including phenoxy) is 2. The average molecular weight is 469 g/mol. The standard InChI is InChI=1S/C26H29ClN2O4/c1-2-32-21-9-6-17(7-10-21)12-13-28-25(30)19-8-11-23-22(16-19)29-26(31)24(33-23)15-18-4-3-5-20(27)14-18/h3-7,9-10,14-15,19,22-23H,2,8,11-13,16H2,1H3,(H,28,30)(H,29,31)/b24-15-. The maximum Gasteiger partial charge on any atom is 0.286 e. The van der Waals surface area contributed by atoms with E-state index in [2.05, 4.69) is 10.6 Å². The van der Waals surface area contributed by atoms with Crippen molar-refractivity contribution in [3.8, 4) is 5.75 Å². The lowest BCUT2D eigenvalue weighted by Crippen LogP contribution is -2.54. The molecule has 2 N–H and O–H groups in total. The zero-order chi connectivity index (χ0) is 23.2. The van der Waals surface area contributed by atoms with E-state index in [0.717, 1.165) is 36.1 Å². The summed E-state index contributed by atoms with van der Waals surface area (Å²) in [5, 5.41) is 6.68. The zero-order valence-corrected chi connectivity index (χ0v) is 19.4. The summed E-state index contributed by atoms with van der Waals surface area (Å²) in [6.45, 7) is 3.18. The largest absolute Gasteiger partial charge is 0.494 e. The highest BCUT2D eigenvalue weighted by Gasteiger charge is 2.40. The van der Waals surface area contributed by atoms with Crippen LogP contribution in [-0.2, 0) is 20.7 Å². The third kappa shape index (κ3) is 6.08. The van der Waals surface area contributed by atoms with Crippen molar-refractivity contribution >= 4 is 29.5 Å².